The molecule has 1 atom stereocenters. The molecule has 0 saturated heterocycles. The number of aromatic nitrogens is 2. The van der Waals surface area contributed by atoms with Crippen molar-refractivity contribution in [2.24, 2.45) is 0 Å². The number of carbonyl (C=O) groups excluding carboxylic acids is 3. The molecule has 4 N–H and O–H groups in total. The van der Waals surface area contributed by atoms with Crippen LogP contribution in [0.25, 0.3) is 22.2 Å². The average molecular weight is 807 g/mol. The summed E-state index contributed by atoms with van der Waals surface area (Å²) in [6.45, 7) is 6.79. The molecule has 7 rings (SSSR count). The molecule has 0 radical (unpaired) electrons. The van der Waals surface area contributed by atoms with Gasteiger partial charge in [0.2, 0.25) is 0 Å². The molecule has 0 saturated carbocycles. The number of fused-ring (bicyclic) bond motifs is 2. The summed E-state index contributed by atoms with van der Waals surface area (Å²) in [6.07, 6.45) is 6.37. The zero-order valence-corrected chi connectivity index (χ0v) is 33.9. The fraction of sp³-hybridized carbons (Fsp3) is 0.271. The fourth-order valence-electron chi connectivity index (χ4n) is 7.86. The maximum atomic E-state index is 14.0. The Bertz CT molecular complexity index is 2510. The first kappa shape index (κ1) is 41.4. The zero-order valence-electron chi connectivity index (χ0n) is 33.9. The predicted octanol–water partition coefficient (Wildman–Crippen LogP) is 7.88. The van der Waals surface area contributed by atoms with Crippen molar-refractivity contribution in [3.8, 4) is 11.3 Å². The molecule has 0 spiro atoms. The molecule has 12 heteroatoms. The highest BCUT2D eigenvalue weighted by Crippen LogP contribution is 2.33. The van der Waals surface area contributed by atoms with Gasteiger partial charge in [-0.25, -0.2) is 0 Å². The monoisotopic (exact) mass is 806 g/mol. The van der Waals surface area contributed by atoms with Crippen LogP contribution in [-0.2, 0) is 22.5 Å². The third kappa shape index (κ3) is 9.73. The highest BCUT2D eigenvalue weighted by Gasteiger charge is 2.23. The van der Waals surface area contributed by atoms with Crippen LogP contribution in [0.5, 0.6) is 0 Å². The molecule has 2 heterocycles. The van der Waals surface area contributed by atoms with Crippen molar-refractivity contribution in [2.75, 3.05) is 43.1 Å². The van der Waals surface area contributed by atoms with Crippen molar-refractivity contribution < 1.29 is 29.0 Å². The molecule has 0 unspecified atom stereocenters. The lowest BCUT2D eigenvalue weighted by atomic mass is 9.87. The number of amides is 3. The van der Waals surface area contributed by atoms with Crippen molar-refractivity contribution in [2.45, 2.75) is 52.1 Å². The van der Waals surface area contributed by atoms with Gasteiger partial charge in [-0.15, -0.1) is 0 Å². The van der Waals surface area contributed by atoms with Crippen molar-refractivity contribution in [3.05, 3.63) is 149 Å². The Morgan fingerprint density at radius 1 is 0.850 bits per heavy atom. The second kappa shape index (κ2) is 19.3. The van der Waals surface area contributed by atoms with E-state index in [0.29, 0.717) is 40.2 Å². The molecule has 4 aromatic carbocycles. The Labute approximate surface area is 349 Å². The number of rotatable bonds is 17. The van der Waals surface area contributed by atoms with E-state index in [1.807, 2.05) is 77.5 Å². The lowest BCUT2D eigenvalue weighted by molar-refractivity contribution is -0.138. The van der Waals surface area contributed by atoms with Gasteiger partial charge in [-0.05, 0) is 110 Å². The number of hydrogen-bond donors (Lipinski definition) is 4. The van der Waals surface area contributed by atoms with Crippen LogP contribution in [0.3, 0.4) is 0 Å². The summed E-state index contributed by atoms with van der Waals surface area (Å²) >= 11 is 0. The summed E-state index contributed by atoms with van der Waals surface area (Å²) in [5.41, 5.74) is 8.50. The Kier molecular flexibility index (Phi) is 13.3. The van der Waals surface area contributed by atoms with E-state index in [-0.39, 0.29) is 49.9 Å². The molecule has 1 aliphatic carbocycles. The van der Waals surface area contributed by atoms with E-state index >= 15 is 0 Å². The number of anilines is 2. The molecule has 60 heavy (non-hydrogen) atoms. The largest absolute Gasteiger partial charge is 0.481 e. The zero-order chi connectivity index (χ0) is 42.0. The second-order valence-electron chi connectivity index (χ2n) is 14.8. The summed E-state index contributed by atoms with van der Waals surface area (Å²) in [5, 5.41) is 18.8. The number of hydrogen-bond acceptors (Lipinski definition) is 7. The third-order valence-electron chi connectivity index (χ3n) is 10.9. The van der Waals surface area contributed by atoms with Gasteiger partial charge in [0.05, 0.1) is 37.1 Å². The molecule has 0 bridgehead atoms. The van der Waals surface area contributed by atoms with Crippen molar-refractivity contribution >= 4 is 46.0 Å². The molecule has 1 aliphatic rings. The van der Waals surface area contributed by atoms with Crippen LogP contribution in [-0.4, -0.2) is 71.2 Å². The molecule has 12 nitrogen and oxygen atoms in total. The second-order valence-corrected chi connectivity index (χ2v) is 14.8. The summed E-state index contributed by atoms with van der Waals surface area (Å²) in [5.74, 6) is -1.65. The van der Waals surface area contributed by atoms with E-state index in [1.54, 1.807) is 30.5 Å². The molecule has 308 valence electrons. The van der Waals surface area contributed by atoms with Crippen molar-refractivity contribution in [1.82, 2.24) is 20.2 Å². The minimum absolute atomic E-state index is 0.0630. The van der Waals surface area contributed by atoms with Crippen LogP contribution in [0.15, 0.2) is 116 Å². The number of carbonyl (C=O) groups is 4. The van der Waals surface area contributed by atoms with Gasteiger partial charge in [-0.2, -0.15) is 0 Å². The van der Waals surface area contributed by atoms with Crippen molar-refractivity contribution in [1.29, 1.82) is 0 Å². The van der Waals surface area contributed by atoms with Gasteiger partial charge in [0.15, 0.2) is 0 Å². The molecular weight excluding hydrogens is 757 g/mol. The van der Waals surface area contributed by atoms with Crippen LogP contribution in [0.2, 0.25) is 0 Å². The number of nitrogens with zero attached hydrogens (tertiary/aromatic N) is 3. The molecule has 2 aromatic heterocycles. The van der Waals surface area contributed by atoms with Gasteiger partial charge >= 0.3 is 5.97 Å². The highest BCUT2D eigenvalue weighted by atomic mass is 16.5. The summed E-state index contributed by atoms with van der Waals surface area (Å²) in [4.78, 5) is 58.4. The van der Waals surface area contributed by atoms with E-state index in [4.69, 9.17) is 14.8 Å². The lowest BCUT2D eigenvalue weighted by Crippen LogP contribution is -2.31. The molecule has 0 aliphatic heterocycles. The number of ether oxygens (including phenoxy) is 1. The number of aliphatic carboxylic acids is 1. The number of benzene rings is 4. The summed E-state index contributed by atoms with van der Waals surface area (Å²) in [6, 6.07) is 32.5. The highest BCUT2D eigenvalue weighted by molar-refractivity contribution is 6.07. The Balaban J connectivity index is 1.08. The number of carboxylic acid groups (broad SMARTS) is 1. The lowest BCUT2D eigenvalue weighted by Gasteiger charge is -2.26. The van der Waals surface area contributed by atoms with E-state index in [2.05, 4.69) is 46.8 Å². The normalized spacial score (nSPS) is 13.3. The van der Waals surface area contributed by atoms with Gasteiger partial charge in [-0.3, -0.25) is 24.2 Å². The SMILES string of the molecule is CCN(CC)c1ccc(NC(=O)c2cccc(Cn3ccc4c(C(=O)NCCOCCC(=O)O)cccc43)c2)c(-c2cc(C(=O)N[C@H]3CCCc4ccccc43)ccn2)c1. The van der Waals surface area contributed by atoms with E-state index in [9.17, 15) is 19.2 Å². The van der Waals surface area contributed by atoms with Gasteiger partial charge in [0.1, 0.15) is 0 Å². The van der Waals surface area contributed by atoms with Crippen LogP contribution in [0.4, 0.5) is 11.4 Å². The van der Waals surface area contributed by atoms with E-state index in [1.165, 1.54) is 11.1 Å². The Morgan fingerprint density at radius 2 is 1.67 bits per heavy atom. The Morgan fingerprint density at radius 3 is 2.50 bits per heavy atom. The minimum Gasteiger partial charge on any atom is -0.481 e. The fourth-order valence-corrected chi connectivity index (χ4v) is 7.86. The van der Waals surface area contributed by atoms with Gasteiger partial charge in [-0.1, -0.05) is 42.5 Å². The van der Waals surface area contributed by atoms with Crippen LogP contribution >= 0.6 is 0 Å². The summed E-state index contributed by atoms with van der Waals surface area (Å²) in [7, 11) is 0. The van der Waals surface area contributed by atoms with Crippen LogP contribution in [0, 0.1) is 0 Å². The maximum Gasteiger partial charge on any atom is 0.305 e. The van der Waals surface area contributed by atoms with Gasteiger partial charge < -0.3 is 35.3 Å². The smallest absolute Gasteiger partial charge is 0.305 e. The first-order valence-electron chi connectivity index (χ1n) is 20.5. The molecule has 0 fully saturated rings. The molecule has 3 amide bonds. The summed E-state index contributed by atoms with van der Waals surface area (Å²) < 4.78 is 7.32. The molecule has 6 aromatic rings. The minimum atomic E-state index is -0.934. The van der Waals surface area contributed by atoms with Crippen LogP contribution in [0.1, 0.15) is 86.9 Å². The third-order valence-corrected chi connectivity index (χ3v) is 10.9. The maximum absolute atomic E-state index is 14.0. The Hall–Kier alpha value is -6.79. The molecular formula is C48H50N6O6. The quantitative estimate of drug-likeness (QED) is 0.0679. The van der Waals surface area contributed by atoms with Gasteiger partial charge in [0, 0.05) is 77.4 Å². The predicted molar refractivity (Wildman–Crippen MR) is 234 cm³/mol. The average Bonchev–Trinajstić information content (AvgIpc) is 3.68. The topological polar surface area (TPSA) is 155 Å². The van der Waals surface area contributed by atoms with Crippen molar-refractivity contribution in [3.63, 3.8) is 0 Å². The van der Waals surface area contributed by atoms with Crippen LogP contribution < -0.4 is 20.9 Å². The van der Waals surface area contributed by atoms with Gasteiger partial charge in [0.25, 0.3) is 17.7 Å². The number of nitrogens with one attached hydrogen (secondary N) is 3. The first-order valence-corrected chi connectivity index (χ1v) is 20.5. The van der Waals surface area contributed by atoms with E-state index < -0.39 is 5.97 Å². The standard InChI is InChI=1S/C48H50N6O6/c1-3-53(4-2)36-18-19-42(40(30-36)43-29-35(20-23-49-43)47(58)51-41-16-8-12-33-11-5-6-14-37(33)41)52-46(57)34-13-7-10-32(28-34)31-54-25-21-38-39(15-9-17-44(38)54)48(59)50-24-27-60-26-22-45(55)56/h5-7,9-11,13-15,17-21,23,25,28-30,41H,3-4,8,12,16,22,24,26-27,31H2,1-2H3,(H,50,59)(H,51,58)(H,52,57)(H,55,56)/t41-/m0/s1. The number of aryl methyl sites for hydroxylation is 1. The first-order chi connectivity index (χ1) is 29.2. The number of carboxylic acids is 1. The number of pyridine rings is 1. The van der Waals surface area contributed by atoms with E-state index in [0.717, 1.165) is 54.5 Å².